The van der Waals surface area contributed by atoms with Crippen LogP contribution in [-0.4, -0.2) is 23.1 Å². The van der Waals surface area contributed by atoms with E-state index in [1.54, 1.807) is 18.2 Å². The van der Waals surface area contributed by atoms with Gasteiger partial charge in [-0.15, -0.1) is 0 Å². The Morgan fingerprint density at radius 3 is 2.63 bits per heavy atom. The molecule has 0 bridgehead atoms. The van der Waals surface area contributed by atoms with Gasteiger partial charge < -0.3 is 15.7 Å². The maximum Gasteiger partial charge on any atom is 0.326 e. The number of anilines is 1. The predicted molar refractivity (Wildman–Crippen MR) is 80.5 cm³/mol. The molecule has 0 saturated heterocycles. The van der Waals surface area contributed by atoms with Crippen molar-refractivity contribution in [3.05, 3.63) is 26.8 Å². The number of urea groups is 1. The maximum absolute atomic E-state index is 11.8. The molecule has 2 rings (SSSR count). The van der Waals surface area contributed by atoms with Crippen molar-refractivity contribution in [3.8, 4) is 0 Å². The van der Waals surface area contributed by atoms with E-state index in [0.717, 1.165) is 16.4 Å². The number of carboxylic acids is 1. The second-order valence-corrected chi connectivity index (χ2v) is 5.97. The Balaban J connectivity index is 1.98. The van der Waals surface area contributed by atoms with Crippen LogP contribution in [0.15, 0.2) is 18.2 Å². The normalized spacial score (nSPS) is 15.7. The molecule has 5 nitrogen and oxygen atoms in total. The summed E-state index contributed by atoms with van der Waals surface area (Å²) >= 11 is 7.87. The van der Waals surface area contributed by atoms with Gasteiger partial charge in [0.15, 0.2) is 0 Å². The molecule has 0 aromatic heterocycles. The highest BCUT2D eigenvalue weighted by Crippen LogP contribution is 2.32. The first-order valence-corrected chi connectivity index (χ1v) is 7.18. The third kappa shape index (κ3) is 3.97. The van der Waals surface area contributed by atoms with Gasteiger partial charge in [0.25, 0.3) is 0 Å². The lowest BCUT2D eigenvalue weighted by Gasteiger charge is -2.15. The van der Waals surface area contributed by atoms with Crippen molar-refractivity contribution in [2.24, 2.45) is 5.92 Å². The number of amides is 2. The lowest BCUT2D eigenvalue weighted by molar-refractivity contribution is -0.139. The van der Waals surface area contributed by atoms with E-state index < -0.39 is 18.0 Å². The van der Waals surface area contributed by atoms with E-state index >= 15 is 0 Å². The van der Waals surface area contributed by atoms with Crippen molar-refractivity contribution >= 4 is 51.9 Å². The minimum atomic E-state index is -0.997. The van der Waals surface area contributed by atoms with Gasteiger partial charge in [-0.25, -0.2) is 9.59 Å². The maximum atomic E-state index is 11.8. The van der Waals surface area contributed by atoms with Gasteiger partial charge in [0, 0.05) is 8.59 Å². The van der Waals surface area contributed by atoms with Gasteiger partial charge in [0.2, 0.25) is 0 Å². The molecule has 0 heterocycles. The summed E-state index contributed by atoms with van der Waals surface area (Å²) in [4.78, 5) is 22.8. The van der Waals surface area contributed by atoms with Crippen molar-refractivity contribution in [3.63, 3.8) is 0 Å². The highest BCUT2D eigenvalue weighted by atomic mass is 127. The first-order chi connectivity index (χ1) is 8.97. The largest absolute Gasteiger partial charge is 0.480 e. The van der Waals surface area contributed by atoms with E-state index in [9.17, 15) is 9.59 Å². The van der Waals surface area contributed by atoms with Crippen LogP contribution < -0.4 is 10.6 Å². The summed E-state index contributed by atoms with van der Waals surface area (Å²) in [5.74, 6) is -0.948. The standard InChI is InChI=1S/C12H12ClIN2O3/c13-7-3-4-9(8(14)5-7)15-12(19)16-10(11(17)18)6-1-2-6/h3-6,10H,1-2H2,(H,17,18)(H2,15,16,19). The van der Waals surface area contributed by atoms with Crippen LogP contribution in [0.5, 0.6) is 0 Å². The Morgan fingerprint density at radius 2 is 2.11 bits per heavy atom. The van der Waals surface area contributed by atoms with Crippen molar-refractivity contribution < 1.29 is 14.7 Å². The zero-order chi connectivity index (χ0) is 14.0. The van der Waals surface area contributed by atoms with Crippen LogP contribution >= 0.6 is 34.2 Å². The fourth-order valence-corrected chi connectivity index (χ4v) is 2.71. The number of aliphatic carboxylic acids is 1. The van der Waals surface area contributed by atoms with Crippen molar-refractivity contribution in [2.75, 3.05) is 5.32 Å². The number of hydrogen-bond acceptors (Lipinski definition) is 2. The molecule has 2 amide bonds. The summed E-state index contributed by atoms with van der Waals surface area (Å²) in [6, 6.07) is 3.73. The van der Waals surface area contributed by atoms with Gasteiger partial charge in [-0.2, -0.15) is 0 Å². The molecule has 1 aromatic carbocycles. The monoisotopic (exact) mass is 394 g/mol. The third-order valence-electron chi connectivity index (χ3n) is 2.83. The molecule has 1 atom stereocenters. The molecule has 0 spiro atoms. The molecule has 7 heteroatoms. The molecule has 3 N–H and O–H groups in total. The summed E-state index contributed by atoms with van der Waals surface area (Å²) < 4.78 is 0.790. The lowest BCUT2D eigenvalue weighted by Crippen LogP contribution is -2.44. The van der Waals surface area contributed by atoms with Gasteiger partial charge >= 0.3 is 12.0 Å². The van der Waals surface area contributed by atoms with E-state index in [-0.39, 0.29) is 5.92 Å². The van der Waals surface area contributed by atoms with Gasteiger partial charge in [-0.05, 0) is 59.5 Å². The minimum absolute atomic E-state index is 0.0486. The molecule has 1 aromatic rings. The van der Waals surface area contributed by atoms with Crippen LogP contribution in [0, 0.1) is 9.49 Å². The first-order valence-electron chi connectivity index (χ1n) is 5.73. The first kappa shape index (κ1) is 14.4. The number of carbonyl (C=O) groups is 2. The Bertz CT molecular complexity index is 520. The van der Waals surface area contributed by atoms with Crippen molar-refractivity contribution in [1.82, 2.24) is 5.32 Å². The van der Waals surface area contributed by atoms with Gasteiger partial charge in [-0.1, -0.05) is 11.6 Å². The topological polar surface area (TPSA) is 78.4 Å². The van der Waals surface area contributed by atoms with Crippen LogP contribution in [0.4, 0.5) is 10.5 Å². The SMILES string of the molecule is O=C(Nc1ccc(Cl)cc1I)NC(C(=O)O)C1CC1. The molecule has 0 radical (unpaired) electrons. The summed E-state index contributed by atoms with van der Waals surface area (Å²) in [5, 5.41) is 14.7. The van der Waals surface area contributed by atoms with Crippen LogP contribution in [0.3, 0.4) is 0 Å². The van der Waals surface area contributed by atoms with Crippen molar-refractivity contribution in [1.29, 1.82) is 0 Å². The lowest BCUT2D eigenvalue weighted by atomic mass is 10.2. The molecule has 0 aliphatic heterocycles. The molecular formula is C12H12ClIN2O3. The Kier molecular flexibility index (Phi) is 4.51. The molecule has 1 saturated carbocycles. The average Bonchev–Trinajstić information content (AvgIpc) is 3.13. The second-order valence-electron chi connectivity index (χ2n) is 4.38. The van der Waals surface area contributed by atoms with Gasteiger partial charge in [0.1, 0.15) is 6.04 Å². The summed E-state index contributed by atoms with van der Waals surface area (Å²) in [5.41, 5.74) is 0.599. The molecule has 1 aliphatic rings. The number of rotatable bonds is 4. The number of carbonyl (C=O) groups excluding carboxylic acids is 1. The van der Waals surface area contributed by atoms with Crippen LogP contribution in [0.2, 0.25) is 5.02 Å². The molecular weight excluding hydrogens is 383 g/mol. The Morgan fingerprint density at radius 1 is 1.42 bits per heavy atom. The molecule has 102 valence electrons. The molecule has 1 unspecified atom stereocenters. The van der Waals surface area contributed by atoms with E-state index in [1.165, 1.54) is 0 Å². The van der Waals surface area contributed by atoms with Crippen molar-refractivity contribution in [2.45, 2.75) is 18.9 Å². The number of hydrogen-bond donors (Lipinski definition) is 3. The minimum Gasteiger partial charge on any atom is -0.480 e. The number of nitrogens with one attached hydrogen (secondary N) is 2. The van der Waals surface area contributed by atoms with Crippen LogP contribution in [-0.2, 0) is 4.79 Å². The molecule has 1 fully saturated rings. The quantitative estimate of drug-likeness (QED) is 0.687. The fraction of sp³-hybridized carbons (Fsp3) is 0.333. The molecule has 1 aliphatic carbocycles. The number of benzene rings is 1. The van der Waals surface area contributed by atoms with E-state index in [4.69, 9.17) is 16.7 Å². The summed E-state index contributed by atoms with van der Waals surface area (Å²) in [7, 11) is 0. The second kappa shape index (κ2) is 5.96. The predicted octanol–water partition coefficient (Wildman–Crippen LogP) is 2.93. The smallest absolute Gasteiger partial charge is 0.326 e. The zero-order valence-corrected chi connectivity index (χ0v) is 12.7. The van der Waals surface area contributed by atoms with Gasteiger partial charge in [-0.3, -0.25) is 0 Å². The highest BCUT2D eigenvalue weighted by molar-refractivity contribution is 14.1. The highest BCUT2D eigenvalue weighted by Gasteiger charge is 2.37. The van der Waals surface area contributed by atoms with E-state index in [2.05, 4.69) is 10.6 Å². The summed E-state index contributed by atoms with van der Waals surface area (Å²) in [6.07, 6.45) is 1.69. The number of carboxylic acid groups (broad SMARTS) is 1. The number of halogens is 2. The third-order valence-corrected chi connectivity index (χ3v) is 3.95. The fourth-order valence-electron chi connectivity index (χ4n) is 1.70. The van der Waals surface area contributed by atoms with Crippen LogP contribution in [0.25, 0.3) is 0 Å². The Labute approximate surface area is 128 Å². The average molecular weight is 395 g/mol. The summed E-state index contributed by atoms with van der Waals surface area (Å²) in [6.45, 7) is 0. The van der Waals surface area contributed by atoms with Gasteiger partial charge in [0.05, 0.1) is 5.69 Å². The van der Waals surface area contributed by atoms with Crippen LogP contribution in [0.1, 0.15) is 12.8 Å². The zero-order valence-electron chi connectivity index (χ0n) is 9.82. The van der Waals surface area contributed by atoms with E-state index in [1.807, 2.05) is 22.6 Å². The Hall–Kier alpha value is -1.02. The van der Waals surface area contributed by atoms with E-state index in [0.29, 0.717) is 10.7 Å². The molecule has 19 heavy (non-hydrogen) atoms.